The van der Waals surface area contributed by atoms with Crippen LogP contribution in [-0.2, 0) is 0 Å². The Bertz CT molecular complexity index is 463. The fourth-order valence-corrected chi connectivity index (χ4v) is 3.68. The number of hydrogen-bond donors (Lipinski definition) is 1. The maximum atomic E-state index is 13.0. The normalized spacial score (nSPS) is 23.1. The minimum atomic E-state index is 0.108. The van der Waals surface area contributed by atoms with Crippen molar-refractivity contribution in [2.24, 2.45) is 0 Å². The van der Waals surface area contributed by atoms with Gasteiger partial charge in [-0.3, -0.25) is 4.79 Å². The van der Waals surface area contributed by atoms with Crippen molar-refractivity contribution >= 4 is 17.5 Å². The summed E-state index contributed by atoms with van der Waals surface area (Å²) in [6.07, 6.45) is 5.78. The summed E-state index contributed by atoms with van der Waals surface area (Å²) < 4.78 is 0. The lowest BCUT2D eigenvalue weighted by molar-refractivity contribution is 0.0595. The maximum Gasteiger partial charge on any atom is 0.255 e. The van der Waals surface area contributed by atoms with Crippen molar-refractivity contribution < 1.29 is 4.79 Å². The molecule has 1 aliphatic carbocycles. The van der Waals surface area contributed by atoms with Gasteiger partial charge in [0.1, 0.15) is 0 Å². The second-order valence-corrected chi connectivity index (χ2v) is 6.18. The number of amides is 1. The molecule has 1 saturated heterocycles. The Morgan fingerprint density at radius 2 is 1.90 bits per heavy atom. The van der Waals surface area contributed by atoms with E-state index in [1.54, 1.807) is 6.07 Å². The minimum absolute atomic E-state index is 0.108. The summed E-state index contributed by atoms with van der Waals surface area (Å²) in [5.41, 5.74) is 0.646. The number of carbonyl (C=O) groups excluding carboxylic acids is 1. The molecule has 0 radical (unpaired) electrons. The summed E-state index contributed by atoms with van der Waals surface area (Å²) in [4.78, 5) is 15.1. The van der Waals surface area contributed by atoms with Crippen molar-refractivity contribution in [2.45, 2.75) is 44.2 Å². The van der Waals surface area contributed by atoms with E-state index in [0.717, 1.165) is 32.4 Å². The molecule has 3 nitrogen and oxygen atoms in total. The van der Waals surface area contributed by atoms with Crippen LogP contribution in [0.15, 0.2) is 24.3 Å². The number of nitrogens with one attached hydrogen (secondary N) is 1. The van der Waals surface area contributed by atoms with Crippen molar-refractivity contribution in [3.63, 3.8) is 0 Å². The van der Waals surface area contributed by atoms with Gasteiger partial charge < -0.3 is 10.2 Å². The van der Waals surface area contributed by atoms with Crippen LogP contribution < -0.4 is 5.32 Å². The van der Waals surface area contributed by atoms with Gasteiger partial charge in [-0.1, -0.05) is 36.6 Å². The molecule has 0 spiro atoms. The first-order valence-electron chi connectivity index (χ1n) is 7.55. The van der Waals surface area contributed by atoms with E-state index in [0.29, 0.717) is 22.7 Å². The smallest absolute Gasteiger partial charge is 0.255 e. The van der Waals surface area contributed by atoms with Crippen LogP contribution in [0, 0.1) is 0 Å². The third kappa shape index (κ3) is 2.70. The molecule has 0 aromatic heterocycles. The van der Waals surface area contributed by atoms with Gasteiger partial charge in [0, 0.05) is 18.6 Å². The Morgan fingerprint density at radius 1 is 1.15 bits per heavy atom. The molecule has 1 heterocycles. The summed E-state index contributed by atoms with van der Waals surface area (Å²) >= 11 is 6.21. The van der Waals surface area contributed by atoms with Crippen molar-refractivity contribution in [3.05, 3.63) is 34.9 Å². The summed E-state index contributed by atoms with van der Waals surface area (Å²) in [6.45, 7) is 1.91. The van der Waals surface area contributed by atoms with Gasteiger partial charge in [0.15, 0.2) is 0 Å². The molecule has 1 N–H and O–H groups in total. The number of carbonyl (C=O) groups is 1. The molecule has 1 aromatic carbocycles. The second kappa shape index (κ2) is 6.15. The Morgan fingerprint density at radius 3 is 2.55 bits per heavy atom. The molecule has 1 aromatic rings. The molecule has 20 heavy (non-hydrogen) atoms. The molecule has 1 saturated carbocycles. The zero-order chi connectivity index (χ0) is 13.9. The summed E-state index contributed by atoms with van der Waals surface area (Å²) in [7, 11) is 0. The SMILES string of the molecule is O=C(c1ccccc1Cl)N(C1CCCC1)C1CCNC1. The molecule has 0 bridgehead atoms. The average molecular weight is 293 g/mol. The molecule has 1 aliphatic heterocycles. The Balaban J connectivity index is 1.88. The molecule has 3 rings (SSSR count). The highest BCUT2D eigenvalue weighted by Gasteiger charge is 2.34. The standard InChI is InChI=1S/C16H21ClN2O/c17-15-8-4-3-7-14(15)16(20)19(12-5-1-2-6-12)13-9-10-18-11-13/h3-4,7-8,12-13,18H,1-2,5-6,9-11H2. The van der Waals surface area contributed by atoms with Crippen LogP contribution in [0.3, 0.4) is 0 Å². The summed E-state index contributed by atoms with van der Waals surface area (Å²) in [6, 6.07) is 8.11. The summed E-state index contributed by atoms with van der Waals surface area (Å²) in [5.74, 6) is 0.108. The fraction of sp³-hybridized carbons (Fsp3) is 0.562. The molecule has 2 fully saturated rings. The van der Waals surface area contributed by atoms with Crippen LogP contribution in [0.1, 0.15) is 42.5 Å². The van der Waals surface area contributed by atoms with E-state index in [-0.39, 0.29) is 5.91 Å². The second-order valence-electron chi connectivity index (χ2n) is 5.78. The van der Waals surface area contributed by atoms with Gasteiger partial charge >= 0.3 is 0 Å². The van der Waals surface area contributed by atoms with Crippen LogP contribution in [0.4, 0.5) is 0 Å². The first-order chi connectivity index (χ1) is 9.77. The van der Waals surface area contributed by atoms with Gasteiger partial charge in [-0.25, -0.2) is 0 Å². The molecule has 4 heteroatoms. The first kappa shape index (κ1) is 13.9. The lowest BCUT2D eigenvalue weighted by atomic mass is 10.1. The average Bonchev–Trinajstić information content (AvgIpc) is 3.13. The molecule has 1 unspecified atom stereocenters. The fourth-order valence-electron chi connectivity index (χ4n) is 3.46. The molecular weight excluding hydrogens is 272 g/mol. The zero-order valence-electron chi connectivity index (χ0n) is 11.6. The van der Waals surface area contributed by atoms with Crippen LogP contribution >= 0.6 is 11.6 Å². The van der Waals surface area contributed by atoms with Crippen LogP contribution in [-0.4, -0.2) is 36.0 Å². The maximum absolute atomic E-state index is 13.0. The lowest BCUT2D eigenvalue weighted by Crippen LogP contribution is -2.47. The van der Waals surface area contributed by atoms with E-state index < -0.39 is 0 Å². The zero-order valence-corrected chi connectivity index (χ0v) is 12.4. The number of nitrogens with zero attached hydrogens (tertiary/aromatic N) is 1. The quantitative estimate of drug-likeness (QED) is 0.928. The third-order valence-corrected chi connectivity index (χ3v) is 4.81. The number of rotatable bonds is 3. The van der Waals surface area contributed by atoms with Crippen molar-refractivity contribution in [3.8, 4) is 0 Å². The van der Waals surface area contributed by atoms with Crippen molar-refractivity contribution in [1.29, 1.82) is 0 Å². The number of benzene rings is 1. The van der Waals surface area contributed by atoms with Gasteiger partial charge in [0.25, 0.3) is 5.91 Å². The molecule has 1 atom stereocenters. The van der Waals surface area contributed by atoms with Crippen LogP contribution in [0.2, 0.25) is 5.02 Å². The third-order valence-electron chi connectivity index (χ3n) is 4.48. The van der Waals surface area contributed by atoms with Gasteiger partial charge in [-0.2, -0.15) is 0 Å². The van der Waals surface area contributed by atoms with Crippen molar-refractivity contribution in [1.82, 2.24) is 10.2 Å². The topological polar surface area (TPSA) is 32.3 Å². The first-order valence-corrected chi connectivity index (χ1v) is 7.93. The van der Waals surface area contributed by atoms with Gasteiger partial charge in [0.05, 0.1) is 10.6 Å². The van der Waals surface area contributed by atoms with Crippen LogP contribution in [0.5, 0.6) is 0 Å². The summed E-state index contributed by atoms with van der Waals surface area (Å²) in [5, 5.41) is 3.93. The highest BCUT2D eigenvalue weighted by atomic mass is 35.5. The Labute approximate surface area is 125 Å². The highest BCUT2D eigenvalue weighted by Crippen LogP contribution is 2.29. The van der Waals surface area contributed by atoms with E-state index in [2.05, 4.69) is 10.2 Å². The Kier molecular flexibility index (Phi) is 4.27. The number of halogens is 1. The van der Waals surface area contributed by atoms with E-state index in [1.165, 1.54) is 12.8 Å². The van der Waals surface area contributed by atoms with E-state index >= 15 is 0 Å². The van der Waals surface area contributed by atoms with Crippen LogP contribution in [0.25, 0.3) is 0 Å². The predicted octanol–water partition coefficient (Wildman–Crippen LogP) is 3.09. The Hall–Kier alpha value is -1.06. The monoisotopic (exact) mass is 292 g/mol. The molecule has 108 valence electrons. The highest BCUT2D eigenvalue weighted by molar-refractivity contribution is 6.33. The predicted molar refractivity (Wildman–Crippen MR) is 81.2 cm³/mol. The van der Waals surface area contributed by atoms with Gasteiger partial charge in [-0.15, -0.1) is 0 Å². The van der Waals surface area contributed by atoms with E-state index in [1.807, 2.05) is 18.2 Å². The lowest BCUT2D eigenvalue weighted by Gasteiger charge is -2.34. The van der Waals surface area contributed by atoms with E-state index in [9.17, 15) is 4.79 Å². The van der Waals surface area contributed by atoms with E-state index in [4.69, 9.17) is 11.6 Å². The molecular formula is C16H21ClN2O. The largest absolute Gasteiger partial charge is 0.331 e. The van der Waals surface area contributed by atoms with Gasteiger partial charge in [0.2, 0.25) is 0 Å². The molecule has 2 aliphatic rings. The minimum Gasteiger partial charge on any atom is -0.331 e. The van der Waals surface area contributed by atoms with Gasteiger partial charge in [-0.05, 0) is 37.9 Å². The number of hydrogen-bond acceptors (Lipinski definition) is 2. The molecule has 1 amide bonds. The van der Waals surface area contributed by atoms with Crippen molar-refractivity contribution in [2.75, 3.05) is 13.1 Å².